The number of methoxy groups -OCH3 is 1. The van der Waals surface area contributed by atoms with Crippen molar-refractivity contribution < 1.29 is 14.3 Å². The maximum atomic E-state index is 12.9. The molecule has 0 heterocycles. The molecule has 2 rings (SSSR count). The highest BCUT2D eigenvalue weighted by molar-refractivity contribution is 9.10. The van der Waals surface area contributed by atoms with E-state index in [2.05, 4.69) is 15.9 Å². The van der Waals surface area contributed by atoms with Crippen molar-refractivity contribution in [2.24, 2.45) is 0 Å². The summed E-state index contributed by atoms with van der Waals surface area (Å²) in [6.07, 6.45) is 2.50. The van der Waals surface area contributed by atoms with Gasteiger partial charge in [0, 0.05) is 11.0 Å². The predicted octanol–water partition coefficient (Wildman–Crippen LogP) is 2.89. The van der Waals surface area contributed by atoms with Crippen LogP contribution in [0.1, 0.15) is 31.7 Å². The quantitative estimate of drug-likeness (QED) is 0.738. The van der Waals surface area contributed by atoms with Crippen LogP contribution in [0.15, 0.2) is 28.7 Å². The summed E-state index contributed by atoms with van der Waals surface area (Å²) in [5.74, 6) is -0.333. The first-order valence-electron chi connectivity index (χ1n) is 7.15. The second kappa shape index (κ2) is 6.60. The molecular formula is C16H20BrNO3. The minimum absolute atomic E-state index is 0.0292. The number of carbonyl (C=O) groups is 2. The molecule has 0 aliphatic heterocycles. The van der Waals surface area contributed by atoms with Gasteiger partial charge in [-0.1, -0.05) is 35.0 Å². The van der Waals surface area contributed by atoms with Crippen molar-refractivity contribution in [1.82, 2.24) is 4.90 Å². The van der Waals surface area contributed by atoms with Gasteiger partial charge in [0.2, 0.25) is 5.91 Å². The van der Waals surface area contributed by atoms with Crippen molar-refractivity contribution >= 4 is 27.8 Å². The van der Waals surface area contributed by atoms with Crippen LogP contribution in [0.4, 0.5) is 0 Å². The standard InChI is InChI=1S/C16H20BrNO3/c1-3-10-18(11-14(19)21-2)15(20)16(8-9-16)12-4-6-13(17)7-5-12/h4-7H,3,8-11H2,1-2H3. The number of esters is 1. The first-order valence-corrected chi connectivity index (χ1v) is 7.95. The Morgan fingerprint density at radius 2 is 1.90 bits per heavy atom. The summed E-state index contributed by atoms with van der Waals surface area (Å²) in [5.41, 5.74) is 0.589. The van der Waals surface area contributed by atoms with Crippen LogP contribution >= 0.6 is 15.9 Å². The molecule has 0 spiro atoms. The van der Waals surface area contributed by atoms with Crippen molar-refractivity contribution in [3.8, 4) is 0 Å². The van der Waals surface area contributed by atoms with Gasteiger partial charge in [0.15, 0.2) is 0 Å². The van der Waals surface area contributed by atoms with Gasteiger partial charge in [-0.25, -0.2) is 0 Å². The van der Waals surface area contributed by atoms with E-state index in [1.807, 2.05) is 31.2 Å². The van der Waals surface area contributed by atoms with Gasteiger partial charge in [0.1, 0.15) is 6.54 Å². The number of benzene rings is 1. The number of amides is 1. The lowest BCUT2D eigenvalue weighted by atomic mass is 9.94. The summed E-state index contributed by atoms with van der Waals surface area (Å²) in [4.78, 5) is 26.0. The zero-order chi connectivity index (χ0) is 15.5. The molecule has 5 heteroatoms. The maximum Gasteiger partial charge on any atom is 0.325 e. The van der Waals surface area contributed by atoms with E-state index in [-0.39, 0.29) is 18.4 Å². The lowest BCUT2D eigenvalue weighted by Crippen LogP contribution is -2.43. The summed E-state index contributed by atoms with van der Waals surface area (Å²) >= 11 is 3.41. The Morgan fingerprint density at radius 3 is 2.38 bits per heavy atom. The Balaban J connectivity index is 2.19. The van der Waals surface area contributed by atoms with Crippen molar-refractivity contribution in [2.75, 3.05) is 20.2 Å². The highest BCUT2D eigenvalue weighted by Gasteiger charge is 2.53. The molecule has 1 amide bonds. The van der Waals surface area contributed by atoms with Gasteiger partial charge in [0.05, 0.1) is 12.5 Å². The molecule has 0 atom stereocenters. The average Bonchev–Trinajstić information content (AvgIpc) is 3.28. The fourth-order valence-electron chi connectivity index (χ4n) is 2.57. The fourth-order valence-corrected chi connectivity index (χ4v) is 2.83. The molecule has 1 saturated carbocycles. The van der Waals surface area contributed by atoms with Crippen molar-refractivity contribution in [3.63, 3.8) is 0 Å². The van der Waals surface area contributed by atoms with Crippen LogP contribution in [0.25, 0.3) is 0 Å². The molecule has 4 nitrogen and oxygen atoms in total. The third-order valence-corrected chi connectivity index (χ3v) is 4.41. The summed E-state index contributed by atoms with van der Waals surface area (Å²) in [6.45, 7) is 2.60. The smallest absolute Gasteiger partial charge is 0.325 e. The topological polar surface area (TPSA) is 46.6 Å². The van der Waals surface area contributed by atoms with Gasteiger partial charge in [-0.2, -0.15) is 0 Å². The molecule has 0 N–H and O–H groups in total. The summed E-state index contributed by atoms with van der Waals surface area (Å²) in [7, 11) is 1.35. The number of halogens is 1. The van der Waals surface area contributed by atoms with Gasteiger partial charge in [-0.15, -0.1) is 0 Å². The van der Waals surface area contributed by atoms with Crippen LogP contribution in [-0.2, 0) is 19.7 Å². The highest BCUT2D eigenvalue weighted by Crippen LogP contribution is 2.49. The van der Waals surface area contributed by atoms with Crippen molar-refractivity contribution in [3.05, 3.63) is 34.3 Å². The molecule has 1 aliphatic rings. The van der Waals surface area contributed by atoms with E-state index in [1.54, 1.807) is 4.90 Å². The SMILES string of the molecule is CCCN(CC(=O)OC)C(=O)C1(c2ccc(Br)cc2)CC1. The normalized spacial score (nSPS) is 15.4. The number of rotatable bonds is 6. The van der Waals surface area contributed by atoms with Gasteiger partial charge < -0.3 is 9.64 Å². The molecule has 1 aromatic carbocycles. The number of hydrogen-bond acceptors (Lipinski definition) is 3. The van der Waals surface area contributed by atoms with E-state index in [1.165, 1.54) is 7.11 Å². The minimum Gasteiger partial charge on any atom is -0.468 e. The molecule has 0 bridgehead atoms. The van der Waals surface area contributed by atoms with Crippen LogP contribution in [0, 0.1) is 0 Å². The van der Waals surface area contributed by atoms with Crippen LogP contribution in [0.3, 0.4) is 0 Å². The Labute approximate surface area is 133 Å². The molecule has 114 valence electrons. The minimum atomic E-state index is -0.441. The van der Waals surface area contributed by atoms with Crippen LogP contribution in [-0.4, -0.2) is 37.0 Å². The monoisotopic (exact) mass is 353 g/mol. The van der Waals surface area contributed by atoms with Gasteiger partial charge >= 0.3 is 5.97 Å². The molecule has 21 heavy (non-hydrogen) atoms. The van der Waals surface area contributed by atoms with E-state index in [4.69, 9.17) is 4.74 Å². The van der Waals surface area contributed by atoms with Crippen LogP contribution < -0.4 is 0 Å². The first kappa shape index (κ1) is 16.0. The molecule has 0 saturated heterocycles. The van der Waals surface area contributed by atoms with E-state index < -0.39 is 5.41 Å². The Morgan fingerprint density at radius 1 is 1.29 bits per heavy atom. The summed E-state index contributed by atoms with van der Waals surface area (Å²) in [5, 5.41) is 0. The van der Waals surface area contributed by atoms with E-state index in [0.717, 1.165) is 29.3 Å². The molecule has 0 aromatic heterocycles. The second-order valence-electron chi connectivity index (χ2n) is 5.39. The molecule has 0 radical (unpaired) electrons. The van der Waals surface area contributed by atoms with Gasteiger partial charge in [-0.05, 0) is 37.0 Å². The Hall–Kier alpha value is -1.36. The molecule has 1 aromatic rings. The van der Waals surface area contributed by atoms with Crippen molar-refractivity contribution in [1.29, 1.82) is 0 Å². The number of nitrogens with zero attached hydrogens (tertiary/aromatic N) is 1. The largest absolute Gasteiger partial charge is 0.468 e. The van der Waals surface area contributed by atoms with E-state index in [0.29, 0.717) is 6.54 Å². The highest BCUT2D eigenvalue weighted by atomic mass is 79.9. The average molecular weight is 354 g/mol. The fraction of sp³-hybridized carbons (Fsp3) is 0.500. The second-order valence-corrected chi connectivity index (χ2v) is 6.31. The van der Waals surface area contributed by atoms with Gasteiger partial charge in [-0.3, -0.25) is 9.59 Å². The molecule has 0 unspecified atom stereocenters. The summed E-state index contributed by atoms with van der Waals surface area (Å²) in [6, 6.07) is 7.87. The van der Waals surface area contributed by atoms with E-state index >= 15 is 0 Å². The zero-order valence-electron chi connectivity index (χ0n) is 12.4. The van der Waals surface area contributed by atoms with Crippen LogP contribution in [0.5, 0.6) is 0 Å². The third kappa shape index (κ3) is 3.46. The third-order valence-electron chi connectivity index (χ3n) is 3.88. The number of carbonyl (C=O) groups excluding carboxylic acids is 2. The van der Waals surface area contributed by atoms with Crippen molar-refractivity contribution in [2.45, 2.75) is 31.6 Å². The zero-order valence-corrected chi connectivity index (χ0v) is 14.0. The summed E-state index contributed by atoms with van der Waals surface area (Å²) < 4.78 is 5.69. The molecule has 1 aliphatic carbocycles. The molecular weight excluding hydrogens is 334 g/mol. The van der Waals surface area contributed by atoms with Crippen LogP contribution in [0.2, 0.25) is 0 Å². The molecule has 1 fully saturated rings. The lowest BCUT2D eigenvalue weighted by molar-refractivity contribution is -0.148. The van der Waals surface area contributed by atoms with Gasteiger partial charge in [0.25, 0.3) is 0 Å². The Kier molecular flexibility index (Phi) is 5.04. The first-order chi connectivity index (χ1) is 10.0. The number of ether oxygens (including phenoxy) is 1. The predicted molar refractivity (Wildman–Crippen MR) is 83.9 cm³/mol. The number of hydrogen-bond donors (Lipinski definition) is 0. The van der Waals surface area contributed by atoms with E-state index in [9.17, 15) is 9.59 Å². The maximum absolute atomic E-state index is 12.9. The Bertz CT molecular complexity index is 523. The lowest BCUT2D eigenvalue weighted by Gasteiger charge is -2.26.